The summed E-state index contributed by atoms with van der Waals surface area (Å²) in [6.07, 6.45) is 9.55. The molecule has 4 heteroatoms. The number of rotatable bonds is 10. The van der Waals surface area contributed by atoms with Crippen molar-refractivity contribution in [3.05, 3.63) is 120 Å². The summed E-state index contributed by atoms with van der Waals surface area (Å²) in [7, 11) is 2.01. The molecule has 0 radical (unpaired) electrons. The fraction of sp³-hybridized carbons (Fsp3) is 0.0968. The summed E-state index contributed by atoms with van der Waals surface area (Å²) in [5.74, 6) is 0. The number of anilines is 1. The van der Waals surface area contributed by atoms with Crippen molar-refractivity contribution in [1.82, 2.24) is 9.99 Å². The van der Waals surface area contributed by atoms with Gasteiger partial charge in [-0.15, -0.1) is 0 Å². The Morgan fingerprint density at radius 1 is 0.829 bits per heavy atom. The van der Waals surface area contributed by atoms with E-state index in [1.54, 1.807) is 11.8 Å². The van der Waals surface area contributed by atoms with Crippen molar-refractivity contribution in [2.45, 2.75) is 23.6 Å². The van der Waals surface area contributed by atoms with Crippen LogP contribution in [0.2, 0.25) is 0 Å². The molecular formula is C31H33N3S. The first-order chi connectivity index (χ1) is 16.9. The van der Waals surface area contributed by atoms with Crippen LogP contribution in [0, 0.1) is 0 Å². The van der Waals surface area contributed by atoms with Gasteiger partial charge in [0.1, 0.15) is 0 Å². The standard InChI is InChI=1S/C31H33N3S/c1-9-24(10-2)31(13-5)32-33(8)25-14-18-27(19-15-25)35-28-20-16-26(17-21-28)34-22(6)29(11-3)30(12-4)23(34)7/h9-21,32H,1,3-4,6-7H2,2,5,8H3/b24-10-,31-13+. The molecule has 0 unspecified atom stereocenters. The van der Waals surface area contributed by atoms with E-state index in [1.807, 2.05) is 60.9 Å². The van der Waals surface area contributed by atoms with Gasteiger partial charge in [0, 0.05) is 44.4 Å². The van der Waals surface area contributed by atoms with Crippen LogP contribution in [0.15, 0.2) is 108 Å². The Kier molecular flexibility index (Phi) is 8.45. The third-order valence-corrected chi connectivity index (χ3v) is 6.85. The number of nitrogens with zero attached hydrogens (tertiary/aromatic N) is 2. The summed E-state index contributed by atoms with van der Waals surface area (Å²) >= 11 is 1.72. The number of nitrogens with one attached hydrogen (secondary N) is 1. The molecule has 0 fully saturated rings. The minimum absolute atomic E-state index is 0.865. The van der Waals surface area contributed by atoms with Gasteiger partial charge in [-0.3, -0.25) is 10.4 Å². The molecule has 3 aromatic rings. The fourth-order valence-corrected chi connectivity index (χ4v) is 4.76. The summed E-state index contributed by atoms with van der Waals surface area (Å²) in [6, 6.07) is 16.9. The van der Waals surface area contributed by atoms with Gasteiger partial charge in [0.15, 0.2) is 0 Å². The maximum absolute atomic E-state index is 4.23. The molecule has 1 heterocycles. The van der Waals surface area contributed by atoms with E-state index in [-0.39, 0.29) is 0 Å². The van der Waals surface area contributed by atoms with E-state index in [1.165, 1.54) is 4.90 Å². The smallest absolute Gasteiger partial charge is 0.0569 e. The maximum Gasteiger partial charge on any atom is 0.0569 e. The molecule has 1 N–H and O–H groups in total. The zero-order valence-electron chi connectivity index (χ0n) is 20.8. The first-order valence-electron chi connectivity index (χ1n) is 11.4. The quantitative estimate of drug-likeness (QED) is 0.258. The van der Waals surface area contributed by atoms with E-state index in [0.29, 0.717) is 0 Å². The Morgan fingerprint density at radius 2 is 1.34 bits per heavy atom. The van der Waals surface area contributed by atoms with Crippen LogP contribution in [0.1, 0.15) is 25.0 Å². The van der Waals surface area contributed by atoms with Crippen molar-refractivity contribution in [3.63, 3.8) is 0 Å². The summed E-state index contributed by atoms with van der Waals surface area (Å²) in [5.41, 5.74) is 9.52. The molecule has 0 aliphatic rings. The second-order valence-corrected chi connectivity index (χ2v) is 9.02. The largest absolute Gasteiger partial charge is 0.310 e. The topological polar surface area (TPSA) is 20.2 Å². The Morgan fingerprint density at radius 3 is 1.77 bits per heavy atom. The van der Waals surface area contributed by atoms with Gasteiger partial charge in [0.05, 0.1) is 11.4 Å². The summed E-state index contributed by atoms with van der Waals surface area (Å²) in [4.78, 5) is 2.32. The lowest BCUT2D eigenvalue weighted by molar-refractivity contribution is 0.796. The molecule has 0 bridgehead atoms. The van der Waals surface area contributed by atoms with Crippen LogP contribution in [0.4, 0.5) is 5.69 Å². The predicted molar refractivity (Wildman–Crippen MR) is 156 cm³/mol. The van der Waals surface area contributed by atoms with Crippen LogP contribution >= 0.6 is 11.8 Å². The summed E-state index contributed by atoms with van der Waals surface area (Å²) in [6.45, 7) is 24.2. The van der Waals surface area contributed by atoms with Gasteiger partial charge in [-0.25, -0.2) is 0 Å². The molecule has 0 aliphatic carbocycles. The Balaban J connectivity index is 1.75. The average molecular weight is 480 g/mol. The van der Waals surface area contributed by atoms with Gasteiger partial charge < -0.3 is 4.57 Å². The molecule has 0 amide bonds. The lowest BCUT2D eigenvalue weighted by Crippen LogP contribution is -2.34. The fourth-order valence-electron chi connectivity index (χ4n) is 3.94. The van der Waals surface area contributed by atoms with Gasteiger partial charge in [-0.1, -0.05) is 75.0 Å². The van der Waals surface area contributed by atoms with Crippen LogP contribution in [0.25, 0.3) is 31.0 Å². The number of hydrazine groups is 1. The predicted octanol–water partition coefficient (Wildman–Crippen LogP) is 6.71. The highest BCUT2D eigenvalue weighted by molar-refractivity contribution is 7.99. The average Bonchev–Trinajstić information content (AvgIpc) is 3.13. The molecule has 1 aromatic heterocycles. The number of hydrogen-bond acceptors (Lipinski definition) is 3. The second kappa shape index (κ2) is 11.5. The zero-order chi connectivity index (χ0) is 25.5. The van der Waals surface area contributed by atoms with Crippen LogP contribution in [0.3, 0.4) is 0 Å². The molecule has 2 aromatic carbocycles. The highest BCUT2D eigenvalue weighted by Gasteiger charge is 2.10. The SMILES string of the molecule is C=CC(=C/C)/C(=C\C)NN(C)c1ccc(Sc2ccc(-n3c(=C)c(C=C)c(C=C)c3=C)cc2)cc1. The first kappa shape index (κ1) is 25.7. The number of benzene rings is 2. The highest BCUT2D eigenvalue weighted by Crippen LogP contribution is 2.29. The van der Waals surface area contributed by atoms with Crippen LogP contribution < -0.4 is 21.1 Å². The van der Waals surface area contributed by atoms with Crippen molar-refractivity contribution < 1.29 is 0 Å². The molecule has 0 aliphatic heterocycles. The van der Waals surface area contributed by atoms with Gasteiger partial charge in [-0.2, -0.15) is 0 Å². The van der Waals surface area contributed by atoms with Crippen molar-refractivity contribution in [1.29, 1.82) is 0 Å². The Hall–Kier alpha value is -3.89. The lowest BCUT2D eigenvalue weighted by atomic mass is 10.1. The Bertz CT molecular complexity index is 1350. The van der Waals surface area contributed by atoms with Gasteiger partial charge in [-0.05, 0) is 68.0 Å². The van der Waals surface area contributed by atoms with E-state index < -0.39 is 0 Å². The van der Waals surface area contributed by atoms with Gasteiger partial charge in [0.2, 0.25) is 0 Å². The van der Waals surface area contributed by atoms with E-state index in [2.05, 4.69) is 86.9 Å². The summed E-state index contributed by atoms with van der Waals surface area (Å²) in [5, 5.41) is 3.73. The van der Waals surface area contributed by atoms with Crippen LogP contribution in [-0.4, -0.2) is 11.6 Å². The molecule has 3 nitrogen and oxygen atoms in total. The monoisotopic (exact) mass is 479 g/mol. The number of hydrogen-bond donors (Lipinski definition) is 1. The molecule has 0 saturated heterocycles. The van der Waals surface area contributed by atoms with Crippen molar-refractivity contribution in [3.8, 4) is 5.69 Å². The molecular weight excluding hydrogens is 446 g/mol. The first-order valence-corrected chi connectivity index (χ1v) is 12.2. The van der Waals surface area contributed by atoms with E-state index >= 15 is 0 Å². The minimum atomic E-state index is 0.865. The normalized spacial score (nSPS) is 11.7. The molecule has 0 atom stereocenters. The zero-order valence-corrected chi connectivity index (χ0v) is 21.7. The minimum Gasteiger partial charge on any atom is -0.310 e. The Labute approximate surface area is 213 Å². The van der Waals surface area contributed by atoms with Crippen molar-refractivity contribution in [2.75, 3.05) is 12.1 Å². The van der Waals surface area contributed by atoms with E-state index in [9.17, 15) is 0 Å². The molecule has 0 spiro atoms. The van der Waals surface area contributed by atoms with Crippen molar-refractivity contribution >= 4 is 42.8 Å². The maximum atomic E-state index is 4.23. The summed E-state index contributed by atoms with van der Waals surface area (Å²) < 4.78 is 2.05. The van der Waals surface area contributed by atoms with Crippen molar-refractivity contribution in [2.24, 2.45) is 0 Å². The number of aromatic nitrogens is 1. The van der Waals surface area contributed by atoms with E-state index in [0.717, 1.165) is 49.4 Å². The van der Waals surface area contributed by atoms with Gasteiger partial charge in [0.25, 0.3) is 0 Å². The second-order valence-electron chi connectivity index (χ2n) is 7.88. The molecule has 35 heavy (non-hydrogen) atoms. The van der Waals surface area contributed by atoms with Crippen LogP contribution in [0.5, 0.6) is 0 Å². The van der Waals surface area contributed by atoms with Gasteiger partial charge >= 0.3 is 0 Å². The highest BCUT2D eigenvalue weighted by atomic mass is 32.2. The molecule has 178 valence electrons. The lowest BCUT2D eigenvalue weighted by Gasteiger charge is -2.24. The number of allylic oxidation sites excluding steroid dienone is 3. The van der Waals surface area contributed by atoms with Crippen LogP contribution in [-0.2, 0) is 0 Å². The third kappa shape index (κ3) is 5.44. The third-order valence-electron chi connectivity index (χ3n) is 5.83. The molecule has 0 saturated carbocycles. The molecule has 3 rings (SSSR count). The van der Waals surface area contributed by atoms with E-state index in [4.69, 9.17) is 0 Å².